The highest BCUT2D eigenvalue weighted by atomic mass is 15.2. The zero-order chi connectivity index (χ0) is 13.1. The number of nitrogens with two attached hydrogens (primary N) is 1. The van der Waals surface area contributed by atoms with Crippen LogP contribution < -0.4 is 10.6 Å². The van der Waals surface area contributed by atoms with Crippen LogP contribution in [0.15, 0.2) is 18.2 Å². The molecule has 1 aromatic rings. The summed E-state index contributed by atoms with van der Waals surface area (Å²) < 4.78 is 0. The van der Waals surface area contributed by atoms with E-state index in [0.29, 0.717) is 6.04 Å². The van der Waals surface area contributed by atoms with Gasteiger partial charge in [-0.15, -0.1) is 0 Å². The molecule has 3 nitrogen and oxygen atoms in total. The predicted molar refractivity (Wildman–Crippen MR) is 79.1 cm³/mol. The molecule has 100 valence electrons. The van der Waals surface area contributed by atoms with E-state index in [2.05, 4.69) is 48.9 Å². The molecular weight excluding hydrogens is 222 g/mol. The fourth-order valence-electron chi connectivity index (χ4n) is 2.81. The van der Waals surface area contributed by atoms with E-state index >= 15 is 0 Å². The normalized spacial score (nSPS) is 17.9. The maximum atomic E-state index is 6.13. The van der Waals surface area contributed by atoms with Crippen LogP contribution in [0.25, 0.3) is 0 Å². The van der Waals surface area contributed by atoms with E-state index in [1.165, 1.54) is 43.7 Å². The first-order valence-corrected chi connectivity index (χ1v) is 6.93. The predicted octanol–water partition coefficient (Wildman–Crippen LogP) is 2.50. The first-order chi connectivity index (χ1) is 8.61. The fraction of sp³-hybridized carbons (Fsp3) is 0.600. The van der Waals surface area contributed by atoms with Crippen molar-refractivity contribution in [3.8, 4) is 0 Å². The van der Waals surface area contributed by atoms with Crippen LogP contribution in [0.1, 0.15) is 25.3 Å². The summed E-state index contributed by atoms with van der Waals surface area (Å²) in [4.78, 5) is 4.88. The molecule has 0 aromatic heterocycles. The van der Waals surface area contributed by atoms with Crippen molar-refractivity contribution < 1.29 is 0 Å². The summed E-state index contributed by atoms with van der Waals surface area (Å²) in [5.41, 5.74) is 9.43. The fourth-order valence-corrected chi connectivity index (χ4v) is 2.81. The molecule has 2 rings (SSSR count). The van der Waals surface area contributed by atoms with E-state index < -0.39 is 0 Å². The molecular formula is C15H25N3. The molecule has 1 saturated heterocycles. The van der Waals surface area contributed by atoms with Gasteiger partial charge in [0.1, 0.15) is 0 Å². The minimum absolute atomic E-state index is 0.623. The van der Waals surface area contributed by atoms with Crippen LogP contribution in [-0.2, 0) is 0 Å². The Labute approximate surface area is 111 Å². The van der Waals surface area contributed by atoms with Crippen LogP contribution in [0.4, 0.5) is 11.4 Å². The smallest absolute Gasteiger partial charge is 0.0600 e. The molecule has 2 N–H and O–H groups in total. The molecule has 0 aliphatic carbocycles. The lowest BCUT2D eigenvalue weighted by molar-refractivity contribution is 0.221. The molecule has 1 heterocycles. The van der Waals surface area contributed by atoms with Crippen molar-refractivity contribution in [2.24, 2.45) is 0 Å². The summed E-state index contributed by atoms with van der Waals surface area (Å²) >= 11 is 0. The van der Waals surface area contributed by atoms with E-state index in [9.17, 15) is 0 Å². The Morgan fingerprint density at radius 2 is 2.00 bits per heavy atom. The van der Waals surface area contributed by atoms with Crippen molar-refractivity contribution in [1.29, 1.82) is 0 Å². The average Bonchev–Trinajstić information content (AvgIpc) is 2.38. The molecule has 0 radical (unpaired) electrons. The quantitative estimate of drug-likeness (QED) is 0.833. The van der Waals surface area contributed by atoms with E-state index in [4.69, 9.17) is 5.73 Å². The monoisotopic (exact) mass is 247 g/mol. The molecule has 0 atom stereocenters. The van der Waals surface area contributed by atoms with Crippen molar-refractivity contribution in [3.63, 3.8) is 0 Å². The molecule has 0 bridgehead atoms. The second kappa shape index (κ2) is 5.61. The van der Waals surface area contributed by atoms with E-state index in [1.54, 1.807) is 0 Å². The summed E-state index contributed by atoms with van der Waals surface area (Å²) in [7, 11) is 2.17. The van der Waals surface area contributed by atoms with Gasteiger partial charge in [0.2, 0.25) is 0 Å². The second-order valence-corrected chi connectivity index (χ2v) is 5.34. The molecule has 0 unspecified atom stereocenters. The van der Waals surface area contributed by atoms with Crippen LogP contribution in [-0.4, -0.2) is 37.6 Å². The first-order valence-electron chi connectivity index (χ1n) is 6.93. The number of aryl methyl sites for hydroxylation is 1. The first kappa shape index (κ1) is 13.2. The van der Waals surface area contributed by atoms with E-state index in [0.717, 1.165) is 5.69 Å². The molecule has 0 amide bonds. The van der Waals surface area contributed by atoms with Gasteiger partial charge < -0.3 is 15.5 Å². The molecule has 1 aromatic carbocycles. The molecule has 0 spiro atoms. The average molecular weight is 247 g/mol. The summed E-state index contributed by atoms with van der Waals surface area (Å²) in [6, 6.07) is 6.98. The maximum Gasteiger partial charge on any atom is 0.0600 e. The number of piperidine rings is 1. The van der Waals surface area contributed by atoms with Gasteiger partial charge in [0.25, 0.3) is 0 Å². The van der Waals surface area contributed by atoms with Gasteiger partial charge in [0.05, 0.1) is 11.4 Å². The summed E-state index contributed by atoms with van der Waals surface area (Å²) in [6.45, 7) is 7.90. The third kappa shape index (κ3) is 2.78. The lowest BCUT2D eigenvalue weighted by Gasteiger charge is -2.37. The Bertz CT molecular complexity index is 395. The van der Waals surface area contributed by atoms with Crippen LogP contribution in [0.2, 0.25) is 0 Å². The van der Waals surface area contributed by atoms with Crippen LogP contribution >= 0.6 is 0 Å². The highest BCUT2D eigenvalue weighted by Crippen LogP contribution is 2.27. The lowest BCUT2D eigenvalue weighted by atomic mass is 10.0. The van der Waals surface area contributed by atoms with Gasteiger partial charge in [-0.05, 0) is 44.0 Å². The van der Waals surface area contributed by atoms with Gasteiger partial charge in [-0.3, -0.25) is 0 Å². The largest absolute Gasteiger partial charge is 0.397 e. The lowest BCUT2D eigenvalue weighted by Crippen LogP contribution is -2.43. The van der Waals surface area contributed by atoms with Crippen molar-refractivity contribution >= 4 is 11.4 Å². The minimum atomic E-state index is 0.623. The molecule has 1 fully saturated rings. The Balaban J connectivity index is 2.05. The number of benzene rings is 1. The Kier molecular flexibility index (Phi) is 4.12. The second-order valence-electron chi connectivity index (χ2n) is 5.34. The summed E-state index contributed by atoms with van der Waals surface area (Å²) in [6.07, 6.45) is 2.47. The molecule has 1 aliphatic heterocycles. The third-order valence-electron chi connectivity index (χ3n) is 4.12. The highest BCUT2D eigenvalue weighted by Gasteiger charge is 2.22. The van der Waals surface area contributed by atoms with Crippen molar-refractivity contribution in [3.05, 3.63) is 23.8 Å². The molecule has 3 heteroatoms. The maximum absolute atomic E-state index is 6.13. The Morgan fingerprint density at radius 1 is 1.33 bits per heavy atom. The highest BCUT2D eigenvalue weighted by molar-refractivity contribution is 5.68. The van der Waals surface area contributed by atoms with Gasteiger partial charge in [-0.2, -0.15) is 0 Å². The van der Waals surface area contributed by atoms with E-state index in [-0.39, 0.29) is 0 Å². The van der Waals surface area contributed by atoms with Crippen molar-refractivity contribution in [2.75, 3.05) is 37.3 Å². The van der Waals surface area contributed by atoms with E-state index in [1.807, 2.05) is 0 Å². The van der Waals surface area contributed by atoms with Crippen LogP contribution in [0, 0.1) is 6.92 Å². The zero-order valence-corrected chi connectivity index (χ0v) is 11.8. The molecule has 1 aliphatic rings. The summed E-state index contributed by atoms with van der Waals surface area (Å²) in [5.74, 6) is 0. The van der Waals surface area contributed by atoms with Crippen molar-refractivity contribution in [2.45, 2.75) is 32.7 Å². The van der Waals surface area contributed by atoms with Gasteiger partial charge in [0, 0.05) is 26.2 Å². The molecule has 18 heavy (non-hydrogen) atoms. The number of hydrogen-bond acceptors (Lipinski definition) is 3. The van der Waals surface area contributed by atoms with Gasteiger partial charge in [-0.25, -0.2) is 0 Å². The Hall–Kier alpha value is -1.22. The van der Waals surface area contributed by atoms with Gasteiger partial charge >= 0.3 is 0 Å². The number of nitrogens with zero attached hydrogens (tertiary/aromatic N) is 2. The van der Waals surface area contributed by atoms with Crippen LogP contribution in [0.3, 0.4) is 0 Å². The third-order valence-corrected chi connectivity index (χ3v) is 4.12. The SMILES string of the molecule is CCN1CCC(N(C)c2ccc(C)cc2N)CC1. The minimum Gasteiger partial charge on any atom is -0.397 e. The topological polar surface area (TPSA) is 32.5 Å². The Morgan fingerprint density at radius 3 is 2.56 bits per heavy atom. The number of nitrogen functional groups attached to an aromatic ring is 1. The van der Waals surface area contributed by atoms with Crippen molar-refractivity contribution in [1.82, 2.24) is 4.90 Å². The number of anilines is 2. The number of likely N-dealkylation sites (tertiary alicyclic amines) is 1. The summed E-state index contributed by atoms with van der Waals surface area (Å²) in [5, 5.41) is 0. The number of hydrogen-bond donors (Lipinski definition) is 1. The molecule has 0 saturated carbocycles. The van der Waals surface area contributed by atoms with Gasteiger partial charge in [0.15, 0.2) is 0 Å². The zero-order valence-electron chi connectivity index (χ0n) is 11.8. The number of rotatable bonds is 3. The standard InChI is InChI=1S/C15H25N3/c1-4-18-9-7-13(8-10-18)17(3)15-6-5-12(2)11-14(15)16/h5-6,11,13H,4,7-10,16H2,1-3H3. The van der Waals surface area contributed by atoms with Gasteiger partial charge in [-0.1, -0.05) is 13.0 Å². The van der Waals surface area contributed by atoms with Crippen LogP contribution in [0.5, 0.6) is 0 Å².